The quantitative estimate of drug-likeness (QED) is 0.122. The van der Waals surface area contributed by atoms with E-state index in [9.17, 15) is 9.59 Å². The van der Waals surface area contributed by atoms with Crippen molar-refractivity contribution in [2.24, 2.45) is 0 Å². The molecule has 0 radical (unpaired) electrons. The average Bonchev–Trinajstić information content (AvgIpc) is 2.94. The maximum Gasteiger partial charge on any atom is 0.333 e. The molecule has 0 aliphatic carbocycles. The first kappa shape index (κ1) is 28.5. The molecule has 0 N–H and O–H groups in total. The van der Waals surface area contributed by atoms with Gasteiger partial charge in [-0.2, -0.15) is 0 Å². The van der Waals surface area contributed by atoms with E-state index < -0.39 is 0 Å². The molecular formula is C33H36O5. The lowest BCUT2D eigenvalue weighted by atomic mass is 10.0. The standard InChI is InChI=1S/C33H36O5/c1-26(2)33(35)38-25-22-28-12-15-29(16-13-28)30-17-19-31(20-18-30)36-23-8-3-4-9-24-37-32(34)21-14-27-10-6-5-7-11-27/h5-7,10-21H,1,3-4,8-9,22-25H2,2H3/b21-14+. The molecule has 3 aromatic rings. The van der Waals surface area contributed by atoms with Gasteiger partial charge in [-0.05, 0) is 73.1 Å². The van der Waals surface area contributed by atoms with E-state index in [0.717, 1.165) is 53.7 Å². The Kier molecular flexibility index (Phi) is 11.9. The molecular weight excluding hydrogens is 476 g/mol. The van der Waals surface area contributed by atoms with E-state index in [1.165, 1.54) is 6.08 Å². The van der Waals surface area contributed by atoms with Crippen LogP contribution in [0.4, 0.5) is 0 Å². The summed E-state index contributed by atoms with van der Waals surface area (Å²) in [6, 6.07) is 26.0. The minimum atomic E-state index is -0.352. The van der Waals surface area contributed by atoms with Crippen molar-refractivity contribution in [2.75, 3.05) is 19.8 Å². The van der Waals surface area contributed by atoms with Crippen molar-refractivity contribution in [1.82, 2.24) is 0 Å². The van der Waals surface area contributed by atoms with Gasteiger partial charge in [0.05, 0.1) is 19.8 Å². The fourth-order valence-corrected chi connectivity index (χ4v) is 3.69. The van der Waals surface area contributed by atoms with Gasteiger partial charge in [0.2, 0.25) is 0 Å². The first-order valence-electron chi connectivity index (χ1n) is 13.1. The van der Waals surface area contributed by atoms with Gasteiger partial charge < -0.3 is 14.2 Å². The van der Waals surface area contributed by atoms with Crippen LogP contribution in [0.2, 0.25) is 0 Å². The first-order valence-corrected chi connectivity index (χ1v) is 13.1. The molecule has 0 heterocycles. The molecule has 0 spiro atoms. The van der Waals surface area contributed by atoms with E-state index in [1.54, 1.807) is 13.0 Å². The molecule has 0 atom stereocenters. The molecule has 0 saturated heterocycles. The molecule has 5 heteroatoms. The van der Waals surface area contributed by atoms with E-state index in [-0.39, 0.29) is 11.9 Å². The van der Waals surface area contributed by atoms with Crippen LogP contribution in [0.25, 0.3) is 17.2 Å². The number of ether oxygens (including phenoxy) is 3. The Morgan fingerprint density at radius 2 is 1.37 bits per heavy atom. The summed E-state index contributed by atoms with van der Waals surface area (Å²) < 4.78 is 16.3. The van der Waals surface area contributed by atoms with E-state index in [2.05, 4.69) is 43.0 Å². The van der Waals surface area contributed by atoms with Crippen LogP contribution in [0, 0.1) is 0 Å². The van der Waals surface area contributed by atoms with Gasteiger partial charge in [0, 0.05) is 18.1 Å². The van der Waals surface area contributed by atoms with Gasteiger partial charge in [-0.1, -0.05) is 73.3 Å². The number of esters is 2. The smallest absolute Gasteiger partial charge is 0.333 e. The van der Waals surface area contributed by atoms with Crippen LogP contribution in [0.1, 0.15) is 43.7 Å². The Hall–Kier alpha value is -4.12. The molecule has 3 aromatic carbocycles. The van der Waals surface area contributed by atoms with Crippen molar-refractivity contribution in [2.45, 2.75) is 39.0 Å². The summed E-state index contributed by atoms with van der Waals surface area (Å²) in [5.41, 5.74) is 4.74. The lowest BCUT2D eigenvalue weighted by Crippen LogP contribution is -2.07. The molecule has 0 saturated carbocycles. The normalized spacial score (nSPS) is 10.8. The fraction of sp³-hybridized carbons (Fsp3) is 0.273. The Morgan fingerprint density at radius 1 is 0.737 bits per heavy atom. The third-order valence-corrected chi connectivity index (χ3v) is 5.88. The molecule has 0 bridgehead atoms. The zero-order valence-electron chi connectivity index (χ0n) is 22.1. The van der Waals surface area contributed by atoms with Gasteiger partial charge in [0.1, 0.15) is 5.75 Å². The topological polar surface area (TPSA) is 61.8 Å². The third kappa shape index (κ3) is 10.5. The second-order valence-corrected chi connectivity index (χ2v) is 9.06. The van der Waals surface area contributed by atoms with Crippen molar-refractivity contribution in [1.29, 1.82) is 0 Å². The van der Waals surface area contributed by atoms with Crippen LogP contribution in [0.3, 0.4) is 0 Å². The second-order valence-electron chi connectivity index (χ2n) is 9.06. The number of hydrogen-bond donors (Lipinski definition) is 0. The van der Waals surface area contributed by atoms with Gasteiger partial charge in [0.25, 0.3) is 0 Å². The number of hydrogen-bond acceptors (Lipinski definition) is 5. The molecule has 198 valence electrons. The number of unbranched alkanes of at least 4 members (excludes halogenated alkanes) is 3. The highest BCUT2D eigenvalue weighted by molar-refractivity contribution is 5.87. The van der Waals surface area contributed by atoms with Crippen LogP contribution >= 0.6 is 0 Å². The Morgan fingerprint density at radius 3 is 2.03 bits per heavy atom. The summed E-state index contributed by atoms with van der Waals surface area (Å²) in [7, 11) is 0. The molecule has 38 heavy (non-hydrogen) atoms. The lowest BCUT2D eigenvalue weighted by molar-refractivity contribution is -0.139. The SMILES string of the molecule is C=C(C)C(=O)OCCc1ccc(-c2ccc(OCCCCCCOC(=O)/C=C/c3ccccc3)cc2)cc1. The van der Waals surface area contributed by atoms with Gasteiger partial charge in [-0.25, -0.2) is 9.59 Å². The van der Waals surface area contributed by atoms with E-state index in [0.29, 0.717) is 31.8 Å². The fourth-order valence-electron chi connectivity index (χ4n) is 3.69. The molecule has 3 rings (SSSR count). The molecule has 5 nitrogen and oxygen atoms in total. The highest BCUT2D eigenvalue weighted by Crippen LogP contribution is 2.23. The largest absolute Gasteiger partial charge is 0.494 e. The van der Waals surface area contributed by atoms with Crippen LogP contribution in [-0.4, -0.2) is 31.8 Å². The van der Waals surface area contributed by atoms with Crippen LogP contribution < -0.4 is 4.74 Å². The van der Waals surface area contributed by atoms with Crippen molar-refractivity contribution < 1.29 is 23.8 Å². The van der Waals surface area contributed by atoms with Crippen LogP contribution in [-0.2, 0) is 25.5 Å². The predicted octanol–water partition coefficient (Wildman–Crippen LogP) is 7.21. The summed E-state index contributed by atoms with van der Waals surface area (Å²) in [5, 5.41) is 0. The summed E-state index contributed by atoms with van der Waals surface area (Å²) >= 11 is 0. The Bertz CT molecular complexity index is 1180. The van der Waals surface area contributed by atoms with Crippen LogP contribution in [0.15, 0.2) is 97.1 Å². The molecule has 0 amide bonds. The van der Waals surface area contributed by atoms with Gasteiger partial charge in [0.15, 0.2) is 0 Å². The summed E-state index contributed by atoms with van der Waals surface area (Å²) in [5.74, 6) is 0.191. The average molecular weight is 513 g/mol. The Balaban J connectivity index is 1.26. The van der Waals surface area contributed by atoms with E-state index >= 15 is 0 Å². The number of carbonyl (C=O) groups is 2. The number of rotatable bonds is 15. The number of carbonyl (C=O) groups excluding carboxylic acids is 2. The first-order chi connectivity index (χ1) is 18.5. The Labute approximate surface area is 225 Å². The molecule has 0 aliphatic heterocycles. The van der Waals surface area contributed by atoms with Crippen molar-refractivity contribution in [3.63, 3.8) is 0 Å². The number of benzene rings is 3. The monoisotopic (exact) mass is 512 g/mol. The predicted molar refractivity (Wildman–Crippen MR) is 152 cm³/mol. The second kappa shape index (κ2) is 15.9. The maximum atomic E-state index is 11.8. The molecule has 0 aliphatic rings. The molecule has 0 aromatic heterocycles. The summed E-state index contributed by atoms with van der Waals surface area (Å²) in [6.07, 6.45) is 7.71. The maximum absolute atomic E-state index is 11.8. The van der Waals surface area contributed by atoms with Crippen LogP contribution in [0.5, 0.6) is 5.75 Å². The minimum Gasteiger partial charge on any atom is -0.494 e. The molecule has 0 unspecified atom stereocenters. The third-order valence-electron chi connectivity index (χ3n) is 5.88. The summed E-state index contributed by atoms with van der Waals surface area (Å²) in [4.78, 5) is 23.2. The summed E-state index contributed by atoms with van der Waals surface area (Å²) in [6.45, 7) is 6.66. The highest BCUT2D eigenvalue weighted by Gasteiger charge is 2.04. The zero-order valence-corrected chi connectivity index (χ0v) is 22.1. The van der Waals surface area contributed by atoms with Crippen molar-refractivity contribution in [3.05, 3.63) is 108 Å². The zero-order chi connectivity index (χ0) is 27.0. The van der Waals surface area contributed by atoms with Crippen molar-refractivity contribution >= 4 is 18.0 Å². The van der Waals surface area contributed by atoms with Crippen molar-refractivity contribution in [3.8, 4) is 16.9 Å². The van der Waals surface area contributed by atoms with Gasteiger partial charge >= 0.3 is 11.9 Å². The highest BCUT2D eigenvalue weighted by atomic mass is 16.5. The van der Waals surface area contributed by atoms with Gasteiger partial charge in [-0.3, -0.25) is 0 Å². The van der Waals surface area contributed by atoms with Gasteiger partial charge in [-0.15, -0.1) is 0 Å². The minimum absolute atomic E-state index is 0.307. The van der Waals surface area contributed by atoms with E-state index in [1.807, 2.05) is 42.5 Å². The molecule has 0 fully saturated rings. The van der Waals surface area contributed by atoms with E-state index in [4.69, 9.17) is 14.2 Å². The lowest BCUT2D eigenvalue weighted by Gasteiger charge is -2.09.